The van der Waals surface area contributed by atoms with Gasteiger partial charge in [0.25, 0.3) is 11.8 Å². The summed E-state index contributed by atoms with van der Waals surface area (Å²) in [5.41, 5.74) is 0.972. The first kappa shape index (κ1) is 28.0. The van der Waals surface area contributed by atoms with Crippen molar-refractivity contribution >= 4 is 70.4 Å². The van der Waals surface area contributed by atoms with Crippen LogP contribution in [-0.4, -0.2) is 35.5 Å². The zero-order valence-electron chi connectivity index (χ0n) is 20.2. The summed E-state index contributed by atoms with van der Waals surface area (Å²) in [5.74, 6) is -2.33. The molecule has 0 aliphatic carbocycles. The van der Waals surface area contributed by atoms with Crippen LogP contribution in [0.25, 0.3) is 6.08 Å². The van der Waals surface area contributed by atoms with Gasteiger partial charge in [0.15, 0.2) is 11.5 Å². The number of anilines is 1. The number of amides is 4. The van der Waals surface area contributed by atoms with Crippen molar-refractivity contribution in [3.8, 4) is 11.5 Å². The molecule has 39 heavy (non-hydrogen) atoms. The van der Waals surface area contributed by atoms with Gasteiger partial charge in [0.1, 0.15) is 12.2 Å². The van der Waals surface area contributed by atoms with Gasteiger partial charge in [0.05, 0.1) is 32.9 Å². The largest absolute Gasteiger partial charge is 0.490 e. The molecule has 200 valence electrons. The predicted octanol–water partition coefficient (Wildman–Crippen LogP) is 5.99. The number of hydrogen-bond donors (Lipinski definition) is 2. The lowest BCUT2D eigenvalue weighted by Crippen LogP contribution is -2.54. The Morgan fingerprint density at radius 3 is 2.31 bits per heavy atom. The first-order valence-corrected chi connectivity index (χ1v) is 12.5. The number of imide groups is 2. The van der Waals surface area contributed by atoms with E-state index < -0.39 is 23.8 Å². The molecule has 1 aliphatic rings. The number of barbiturate groups is 1. The lowest BCUT2D eigenvalue weighted by Gasteiger charge is -2.26. The van der Waals surface area contributed by atoms with Gasteiger partial charge in [0.2, 0.25) is 0 Å². The normalized spacial score (nSPS) is 14.4. The van der Waals surface area contributed by atoms with Crippen molar-refractivity contribution in [2.45, 2.75) is 13.5 Å². The minimum absolute atomic E-state index is 0.0712. The highest BCUT2D eigenvalue weighted by atomic mass is 35.5. The number of hydrogen-bond acceptors (Lipinski definition) is 6. The molecule has 3 aromatic rings. The number of aromatic carboxylic acids is 1. The molecule has 0 saturated carbocycles. The monoisotopic (exact) mass is 588 g/mol. The van der Waals surface area contributed by atoms with Crippen LogP contribution in [-0.2, 0) is 16.2 Å². The first-order chi connectivity index (χ1) is 18.6. The van der Waals surface area contributed by atoms with Gasteiger partial charge in [-0.1, -0.05) is 46.9 Å². The van der Waals surface area contributed by atoms with E-state index in [1.807, 2.05) is 0 Å². The summed E-state index contributed by atoms with van der Waals surface area (Å²) in [5, 5.41) is 11.7. The number of carboxylic acids is 1. The smallest absolute Gasteiger partial charge is 0.335 e. The van der Waals surface area contributed by atoms with Crippen LogP contribution in [0.1, 0.15) is 28.4 Å². The SMILES string of the molecule is CCOc1cc(/C=C2\C(=O)NC(=O)N(c3ccc(Cl)c(Cl)c3)C2=O)cc(Cl)c1OCc1ccc(C(=O)O)cc1. The molecule has 1 aliphatic heterocycles. The van der Waals surface area contributed by atoms with Crippen molar-refractivity contribution in [2.24, 2.45) is 0 Å². The van der Waals surface area contributed by atoms with Gasteiger partial charge in [-0.3, -0.25) is 14.9 Å². The summed E-state index contributed by atoms with van der Waals surface area (Å²) in [7, 11) is 0. The molecule has 12 heteroatoms. The lowest BCUT2D eigenvalue weighted by atomic mass is 10.1. The highest BCUT2D eigenvalue weighted by Crippen LogP contribution is 2.38. The van der Waals surface area contributed by atoms with Crippen LogP contribution in [0.5, 0.6) is 11.5 Å². The number of rotatable bonds is 8. The zero-order valence-corrected chi connectivity index (χ0v) is 22.4. The minimum Gasteiger partial charge on any atom is -0.490 e. The maximum Gasteiger partial charge on any atom is 0.335 e. The van der Waals surface area contributed by atoms with Crippen molar-refractivity contribution < 1.29 is 33.8 Å². The van der Waals surface area contributed by atoms with E-state index in [2.05, 4.69) is 5.32 Å². The van der Waals surface area contributed by atoms with Gasteiger partial charge in [-0.05, 0) is 66.6 Å². The Kier molecular flexibility index (Phi) is 8.44. The highest BCUT2D eigenvalue weighted by Gasteiger charge is 2.37. The molecule has 0 unspecified atom stereocenters. The quantitative estimate of drug-likeness (QED) is 0.244. The number of urea groups is 1. The van der Waals surface area contributed by atoms with Crippen LogP contribution in [0.15, 0.2) is 60.2 Å². The fourth-order valence-corrected chi connectivity index (χ4v) is 4.22. The molecule has 0 radical (unpaired) electrons. The van der Waals surface area contributed by atoms with E-state index in [4.69, 9.17) is 49.4 Å². The number of nitrogens with zero attached hydrogens (tertiary/aromatic N) is 1. The van der Waals surface area contributed by atoms with Crippen molar-refractivity contribution in [3.05, 3.63) is 91.9 Å². The van der Waals surface area contributed by atoms with Crippen LogP contribution >= 0.6 is 34.8 Å². The third-order valence-corrected chi connectivity index (χ3v) is 6.51. The van der Waals surface area contributed by atoms with Crippen LogP contribution in [0.4, 0.5) is 10.5 Å². The molecule has 0 bridgehead atoms. The Labute approximate surface area is 237 Å². The molecule has 0 spiro atoms. The van der Waals surface area contributed by atoms with Gasteiger partial charge >= 0.3 is 12.0 Å². The molecule has 0 aromatic heterocycles. The van der Waals surface area contributed by atoms with Crippen LogP contribution < -0.4 is 19.7 Å². The molecule has 1 fully saturated rings. The fourth-order valence-electron chi connectivity index (χ4n) is 3.66. The van der Waals surface area contributed by atoms with Gasteiger partial charge in [-0.2, -0.15) is 0 Å². The van der Waals surface area contributed by atoms with Crippen LogP contribution in [0, 0.1) is 0 Å². The third-order valence-electron chi connectivity index (χ3n) is 5.49. The molecule has 1 heterocycles. The second-order valence-corrected chi connectivity index (χ2v) is 9.33. The van der Waals surface area contributed by atoms with Crippen molar-refractivity contribution in [1.82, 2.24) is 5.32 Å². The number of ether oxygens (including phenoxy) is 2. The first-order valence-electron chi connectivity index (χ1n) is 11.4. The second kappa shape index (κ2) is 11.8. The van der Waals surface area contributed by atoms with E-state index in [9.17, 15) is 19.2 Å². The van der Waals surface area contributed by atoms with E-state index in [0.29, 0.717) is 11.1 Å². The fraction of sp³-hybridized carbons (Fsp3) is 0.111. The summed E-state index contributed by atoms with van der Waals surface area (Å²) >= 11 is 18.5. The van der Waals surface area contributed by atoms with E-state index in [1.54, 1.807) is 19.1 Å². The topological polar surface area (TPSA) is 122 Å². The Balaban J connectivity index is 1.63. The van der Waals surface area contributed by atoms with E-state index >= 15 is 0 Å². The summed E-state index contributed by atoms with van der Waals surface area (Å²) in [6.45, 7) is 2.09. The Morgan fingerprint density at radius 1 is 0.949 bits per heavy atom. The molecule has 0 atom stereocenters. The second-order valence-electron chi connectivity index (χ2n) is 8.11. The predicted molar refractivity (Wildman–Crippen MR) is 146 cm³/mol. The average Bonchev–Trinajstić information content (AvgIpc) is 2.88. The summed E-state index contributed by atoms with van der Waals surface area (Å²) in [6, 6.07) is 12.4. The Bertz CT molecular complexity index is 1520. The third kappa shape index (κ3) is 6.17. The number of carbonyl (C=O) groups excluding carboxylic acids is 3. The van der Waals surface area contributed by atoms with Crippen molar-refractivity contribution in [3.63, 3.8) is 0 Å². The molecule has 3 aromatic carbocycles. The average molecular weight is 590 g/mol. The van der Waals surface area contributed by atoms with Gasteiger partial charge in [-0.25, -0.2) is 14.5 Å². The molecule has 4 rings (SSSR count). The summed E-state index contributed by atoms with van der Waals surface area (Å²) in [4.78, 5) is 50.1. The molecule has 1 saturated heterocycles. The number of carbonyl (C=O) groups is 4. The van der Waals surface area contributed by atoms with Crippen LogP contribution in [0.2, 0.25) is 15.1 Å². The van der Waals surface area contributed by atoms with E-state index in [1.165, 1.54) is 48.5 Å². The Morgan fingerprint density at radius 2 is 1.67 bits per heavy atom. The standard InChI is InChI=1S/C27H19Cl3N2O7/c1-2-38-22-11-15(10-21(30)23(22)39-13-14-3-5-16(6-4-14)26(35)36)9-18-24(33)31-27(37)32(25(18)34)17-7-8-19(28)20(29)12-17/h3-12H,2,13H2,1H3,(H,35,36)(H,31,33,37)/b18-9+. The number of halogens is 3. The van der Waals surface area contributed by atoms with Gasteiger partial charge < -0.3 is 14.6 Å². The van der Waals surface area contributed by atoms with Gasteiger partial charge in [-0.15, -0.1) is 0 Å². The van der Waals surface area contributed by atoms with Gasteiger partial charge in [0, 0.05) is 0 Å². The maximum absolute atomic E-state index is 13.2. The molecular formula is C27H19Cl3N2O7. The summed E-state index contributed by atoms with van der Waals surface area (Å²) < 4.78 is 11.5. The van der Waals surface area contributed by atoms with Crippen molar-refractivity contribution in [1.29, 1.82) is 0 Å². The minimum atomic E-state index is -1.04. The summed E-state index contributed by atoms with van der Waals surface area (Å²) in [6.07, 6.45) is 1.28. The lowest BCUT2D eigenvalue weighted by molar-refractivity contribution is -0.122. The molecule has 9 nitrogen and oxygen atoms in total. The molecule has 4 amide bonds. The molecular weight excluding hydrogens is 571 g/mol. The van der Waals surface area contributed by atoms with Crippen molar-refractivity contribution in [2.75, 3.05) is 11.5 Å². The highest BCUT2D eigenvalue weighted by molar-refractivity contribution is 6.43. The molecule has 2 N–H and O–H groups in total. The number of benzene rings is 3. The van der Waals surface area contributed by atoms with Crippen LogP contribution in [0.3, 0.4) is 0 Å². The van der Waals surface area contributed by atoms with E-state index in [-0.39, 0.29) is 56.6 Å². The zero-order chi connectivity index (χ0) is 28.3. The van der Waals surface area contributed by atoms with E-state index in [0.717, 1.165) is 4.90 Å². The number of nitrogens with one attached hydrogen (secondary N) is 1. The Hall–Kier alpha value is -4.05. The number of carboxylic acid groups (broad SMARTS) is 1. The maximum atomic E-state index is 13.2.